The second-order valence-electron chi connectivity index (χ2n) is 5.52. The van der Waals surface area contributed by atoms with E-state index in [0.717, 1.165) is 51.3 Å². The maximum Gasteiger partial charge on any atom is 0.254 e. The summed E-state index contributed by atoms with van der Waals surface area (Å²) < 4.78 is 0. The number of aromatic nitrogens is 1. The van der Waals surface area contributed by atoms with Gasteiger partial charge in [0.05, 0.1) is 0 Å². The number of hydrogen-bond donors (Lipinski definition) is 1. The topological polar surface area (TPSA) is 62.5 Å². The smallest absolute Gasteiger partial charge is 0.254 e. The molecule has 1 aromatic heterocycles. The number of nitrogens with two attached hydrogens (primary N) is 1. The first-order chi connectivity index (χ1) is 9.70. The summed E-state index contributed by atoms with van der Waals surface area (Å²) in [6.45, 7) is 7.51. The minimum Gasteiger partial charge on any atom is -0.337 e. The van der Waals surface area contributed by atoms with Gasteiger partial charge in [-0.3, -0.25) is 9.78 Å². The third-order valence-electron chi connectivity index (χ3n) is 3.78. The number of rotatable bonds is 4. The standard InChI is InChI=1S/C15H24N4O/c1-13(11-16)12-18-7-2-8-19(10-9-18)15(20)14-3-5-17-6-4-14/h3-6,13H,2,7-12,16H2,1H3. The minimum absolute atomic E-state index is 0.112. The van der Waals surface area contributed by atoms with Crippen LogP contribution in [0.2, 0.25) is 0 Å². The zero-order chi connectivity index (χ0) is 14.4. The molecule has 1 aromatic rings. The maximum absolute atomic E-state index is 12.4. The molecule has 20 heavy (non-hydrogen) atoms. The van der Waals surface area contributed by atoms with Gasteiger partial charge in [0.25, 0.3) is 5.91 Å². The van der Waals surface area contributed by atoms with Crippen molar-refractivity contribution >= 4 is 5.91 Å². The lowest BCUT2D eigenvalue weighted by Gasteiger charge is -2.24. The molecule has 0 spiro atoms. The third kappa shape index (κ3) is 4.02. The fourth-order valence-electron chi connectivity index (χ4n) is 2.55. The summed E-state index contributed by atoms with van der Waals surface area (Å²) in [4.78, 5) is 20.7. The van der Waals surface area contributed by atoms with Gasteiger partial charge in [-0.05, 0) is 37.6 Å². The van der Waals surface area contributed by atoms with Crippen LogP contribution >= 0.6 is 0 Å². The molecule has 110 valence electrons. The van der Waals surface area contributed by atoms with Crippen molar-refractivity contribution < 1.29 is 4.79 Å². The molecule has 2 rings (SSSR count). The molecular weight excluding hydrogens is 252 g/mol. The van der Waals surface area contributed by atoms with Gasteiger partial charge in [-0.15, -0.1) is 0 Å². The Kier molecular flexibility index (Phi) is 5.49. The number of hydrogen-bond acceptors (Lipinski definition) is 4. The number of amides is 1. The quantitative estimate of drug-likeness (QED) is 0.884. The summed E-state index contributed by atoms with van der Waals surface area (Å²) in [7, 11) is 0. The molecule has 5 heteroatoms. The van der Waals surface area contributed by atoms with Crippen molar-refractivity contribution in [1.29, 1.82) is 0 Å². The monoisotopic (exact) mass is 276 g/mol. The summed E-state index contributed by atoms with van der Waals surface area (Å²) in [5.74, 6) is 0.624. The highest BCUT2D eigenvalue weighted by Crippen LogP contribution is 2.10. The van der Waals surface area contributed by atoms with Gasteiger partial charge in [-0.1, -0.05) is 6.92 Å². The molecule has 1 unspecified atom stereocenters. The van der Waals surface area contributed by atoms with Gasteiger partial charge >= 0.3 is 0 Å². The number of nitrogens with zero attached hydrogens (tertiary/aromatic N) is 3. The van der Waals surface area contributed by atoms with Gasteiger partial charge in [0, 0.05) is 44.1 Å². The zero-order valence-electron chi connectivity index (χ0n) is 12.2. The van der Waals surface area contributed by atoms with Crippen molar-refractivity contribution in [3.05, 3.63) is 30.1 Å². The van der Waals surface area contributed by atoms with Crippen LogP contribution in [0.1, 0.15) is 23.7 Å². The summed E-state index contributed by atoms with van der Waals surface area (Å²) in [5, 5.41) is 0. The molecule has 5 nitrogen and oxygen atoms in total. The van der Waals surface area contributed by atoms with Gasteiger partial charge in [0.15, 0.2) is 0 Å². The summed E-state index contributed by atoms with van der Waals surface area (Å²) in [6.07, 6.45) is 4.36. The van der Waals surface area contributed by atoms with E-state index in [-0.39, 0.29) is 5.91 Å². The van der Waals surface area contributed by atoms with E-state index in [4.69, 9.17) is 5.73 Å². The SMILES string of the molecule is CC(CN)CN1CCCN(C(=O)c2ccncc2)CC1. The van der Waals surface area contributed by atoms with E-state index >= 15 is 0 Å². The summed E-state index contributed by atoms with van der Waals surface area (Å²) >= 11 is 0. The van der Waals surface area contributed by atoms with Crippen LogP contribution in [-0.4, -0.2) is 60.0 Å². The Hall–Kier alpha value is -1.46. The van der Waals surface area contributed by atoms with E-state index in [1.54, 1.807) is 24.5 Å². The van der Waals surface area contributed by atoms with Crippen molar-refractivity contribution in [3.8, 4) is 0 Å². The lowest BCUT2D eigenvalue weighted by atomic mass is 10.1. The molecule has 0 aromatic carbocycles. The molecule has 1 aliphatic rings. The summed E-state index contributed by atoms with van der Waals surface area (Å²) in [6, 6.07) is 3.56. The van der Waals surface area contributed by atoms with Crippen LogP contribution in [0.4, 0.5) is 0 Å². The summed E-state index contributed by atoms with van der Waals surface area (Å²) in [5.41, 5.74) is 6.41. The van der Waals surface area contributed by atoms with Crippen LogP contribution in [0.15, 0.2) is 24.5 Å². The second kappa shape index (κ2) is 7.36. The normalized spacial score (nSPS) is 18.6. The first-order valence-electron chi connectivity index (χ1n) is 7.32. The van der Waals surface area contributed by atoms with Crippen molar-refractivity contribution in [2.45, 2.75) is 13.3 Å². The molecular formula is C15H24N4O. The Morgan fingerprint density at radius 3 is 2.75 bits per heavy atom. The van der Waals surface area contributed by atoms with Crippen molar-refractivity contribution in [2.24, 2.45) is 11.7 Å². The predicted molar refractivity (Wildman–Crippen MR) is 79.4 cm³/mol. The average molecular weight is 276 g/mol. The van der Waals surface area contributed by atoms with Crippen LogP contribution in [0.5, 0.6) is 0 Å². The zero-order valence-corrected chi connectivity index (χ0v) is 12.2. The van der Waals surface area contributed by atoms with E-state index in [1.165, 1.54) is 0 Å². The molecule has 1 atom stereocenters. The molecule has 2 N–H and O–H groups in total. The lowest BCUT2D eigenvalue weighted by Crippen LogP contribution is -2.37. The highest BCUT2D eigenvalue weighted by Gasteiger charge is 2.20. The lowest BCUT2D eigenvalue weighted by molar-refractivity contribution is 0.0760. The van der Waals surface area contributed by atoms with Crippen LogP contribution in [0.3, 0.4) is 0 Å². The predicted octanol–water partition coefficient (Wildman–Crippen LogP) is 0.824. The molecule has 2 heterocycles. The highest BCUT2D eigenvalue weighted by molar-refractivity contribution is 5.94. The van der Waals surface area contributed by atoms with Gasteiger partial charge < -0.3 is 15.5 Å². The van der Waals surface area contributed by atoms with Gasteiger partial charge in [0.1, 0.15) is 0 Å². The molecule has 0 saturated carbocycles. The fraction of sp³-hybridized carbons (Fsp3) is 0.600. The first-order valence-corrected chi connectivity index (χ1v) is 7.32. The Balaban J connectivity index is 1.91. The molecule has 0 bridgehead atoms. The van der Waals surface area contributed by atoms with E-state index in [0.29, 0.717) is 5.92 Å². The molecule has 0 aliphatic carbocycles. The molecule has 1 amide bonds. The van der Waals surface area contributed by atoms with E-state index in [9.17, 15) is 4.79 Å². The van der Waals surface area contributed by atoms with Crippen molar-refractivity contribution in [3.63, 3.8) is 0 Å². The highest BCUT2D eigenvalue weighted by atomic mass is 16.2. The van der Waals surface area contributed by atoms with Crippen molar-refractivity contribution in [1.82, 2.24) is 14.8 Å². The van der Waals surface area contributed by atoms with Crippen LogP contribution in [0, 0.1) is 5.92 Å². The molecule has 1 aliphatic heterocycles. The number of carbonyl (C=O) groups is 1. The molecule has 0 radical (unpaired) electrons. The molecule has 1 fully saturated rings. The molecule has 1 saturated heterocycles. The Bertz CT molecular complexity index is 423. The number of carbonyl (C=O) groups excluding carboxylic acids is 1. The Morgan fingerprint density at radius 1 is 1.30 bits per heavy atom. The van der Waals surface area contributed by atoms with E-state index in [1.807, 2.05) is 4.90 Å². The van der Waals surface area contributed by atoms with Crippen molar-refractivity contribution in [2.75, 3.05) is 39.3 Å². The van der Waals surface area contributed by atoms with E-state index < -0.39 is 0 Å². The van der Waals surface area contributed by atoms with Crippen LogP contribution < -0.4 is 5.73 Å². The maximum atomic E-state index is 12.4. The van der Waals surface area contributed by atoms with Crippen LogP contribution in [-0.2, 0) is 0 Å². The first kappa shape index (κ1) is 14.9. The fourth-order valence-corrected chi connectivity index (χ4v) is 2.55. The number of pyridine rings is 1. The second-order valence-corrected chi connectivity index (χ2v) is 5.52. The largest absolute Gasteiger partial charge is 0.337 e. The average Bonchev–Trinajstić information content (AvgIpc) is 2.73. The third-order valence-corrected chi connectivity index (χ3v) is 3.78. The van der Waals surface area contributed by atoms with Gasteiger partial charge in [-0.2, -0.15) is 0 Å². The van der Waals surface area contributed by atoms with Gasteiger partial charge in [-0.25, -0.2) is 0 Å². The Morgan fingerprint density at radius 2 is 2.05 bits per heavy atom. The van der Waals surface area contributed by atoms with Crippen LogP contribution in [0.25, 0.3) is 0 Å². The minimum atomic E-state index is 0.112. The van der Waals surface area contributed by atoms with Gasteiger partial charge in [0.2, 0.25) is 0 Å². The Labute approximate surface area is 120 Å². The van der Waals surface area contributed by atoms with E-state index in [2.05, 4.69) is 16.8 Å².